The summed E-state index contributed by atoms with van der Waals surface area (Å²) in [4.78, 5) is 27.9. The number of hydrogen-bond acceptors (Lipinski definition) is 3. The molecule has 4 heteroatoms. The largest absolute Gasteiger partial charge is 0.314 e. The molecule has 2 aliphatic rings. The van der Waals surface area contributed by atoms with Crippen molar-refractivity contribution in [3.63, 3.8) is 0 Å². The Hall–Kier alpha value is -2.07. The van der Waals surface area contributed by atoms with Crippen LogP contribution in [0.1, 0.15) is 22.3 Å². The monoisotopic (exact) mass is 295 g/mol. The second-order valence-corrected chi connectivity index (χ2v) is 6.75. The number of ketones is 1. The number of nitrogens with zero attached hydrogens (tertiary/aromatic N) is 1. The lowest BCUT2D eigenvalue weighted by molar-refractivity contribution is -0.120. The van der Waals surface area contributed by atoms with Gasteiger partial charge in [-0.2, -0.15) is 0 Å². The van der Waals surface area contributed by atoms with E-state index in [2.05, 4.69) is 0 Å². The average molecular weight is 295 g/mol. The highest BCUT2D eigenvalue weighted by molar-refractivity contribution is 8.01. The van der Waals surface area contributed by atoms with Crippen LogP contribution in [0.2, 0.25) is 0 Å². The maximum absolute atomic E-state index is 12.8. The Morgan fingerprint density at radius 2 is 1.76 bits per heavy atom. The van der Waals surface area contributed by atoms with E-state index in [1.807, 2.05) is 48.5 Å². The van der Waals surface area contributed by atoms with Crippen LogP contribution in [0.5, 0.6) is 0 Å². The first kappa shape index (κ1) is 12.7. The summed E-state index contributed by atoms with van der Waals surface area (Å²) in [6.07, 6.45) is 0.231. The molecule has 2 aromatic rings. The van der Waals surface area contributed by atoms with Gasteiger partial charge in [-0.15, -0.1) is 11.8 Å². The van der Waals surface area contributed by atoms with Gasteiger partial charge in [-0.1, -0.05) is 36.4 Å². The normalized spacial score (nSPS) is 23.4. The summed E-state index contributed by atoms with van der Waals surface area (Å²) in [5.74, 6) is 0.0411. The molecule has 0 radical (unpaired) electrons. The molecule has 0 aliphatic carbocycles. The third-order valence-electron chi connectivity index (χ3n) is 4.23. The van der Waals surface area contributed by atoms with E-state index in [1.165, 1.54) is 11.8 Å². The van der Waals surface area contributed by atoms with Gasteiger partial charge in [0.2, 0.25) is 5.91 Å². The number of thioether (sulfide) groups is 1. The molecule has 2 aliphatic heterocycles. The fourth-order valence-electron chi connectivity index (χ4n) is 3.20. The van der Waals surface area contributed by atoms with Gasteiger partial charge in [-0.05, 0) is 12.1 Å². The van der Waals surface area contributed by atoms with Gasteiger partial charge in [-0.25, -0.2) is 0 Å². The van der Waals surface area contributed by atoms with Gasteiger partial charge >= 0.3 is 0 Å². The SMILES string of the molecule is CN1C(=O)C2(CC(=O)c3ccccc3S2)c2ccccc21. The van der Waals surface area contributed by atoms with Crippen LogP contribution < -0.4 is 4.90 Å². The number of amides is 1. The molecule has 0 fully saturated rings. The predicted octanol–water partition coefficient (Wildman–Crippen LogP) is 3.24. The molecule has 0 saturated carbocycles. The van der Waals surface area contributed by atoms with Crippen molar-refractivity contribution in [1.82, 2.24) is 0 Å². The molecule has 0 saturated heterocycles. The zero-order valence-corrected chi connectivity index (χ0v) is 12.3. The van der Waals surface area contributed by atoms with Gasteiger partial charge in [0.15, 0.2) is 5.78 Å². The third kappa shape index (κ3) is 1.56. The number of likely N-dealkylation sites (N-methyl/N-ethyl adjacent to an activating group) is 1. The zero-order valence-electron chi connectivity index (χ0n) is 11.5. The molecule has 0 N–H and O–H groups in total. The molecule has 1 unspecified atom stereocenters. The summed E-state index contributed by atoms with van der Waals surface area (Å²) in [7, 11) is 1.78. The maximum Gasteiger partial charge on any atom is 0.248 e. The minimum absolute atomic E-state index is 0.00319. The minimum atomic E-state index is -0.795. The van der Waals surface area contributed by atoms with Gasteiger partial charge < -0.3 is 4.90 Å². The maximum atomic E-state index is 12.8. The Balaban J connectivity index is 1.94. The quantitative estimate of drug-likeness (QED) is 0.749. The second kappa shape index (κ2) is 4.21. The smallest absolute Gasteiger partial charge is 0.248 e. The Labute approximate surface area is 127 Å². The van der Waals surface area contributed by atoms with Gasteiger partial charge in [0.1, 0.15) is 4.75 Å². The average Bonchev–Trinajstić information content (AvgIpc) is 2.71. The summed E-state index contributed by atoms with van der Waals surface area (Å²) in [5, 5.41) is 0. The molecule has 4 rings (SSSR count). The van der Waals surface area contributed by atoms with E-state index >= 15 is 0 Å². The molecule has 1 amide bonds. The van der Waals surface area contributed by atoms with Gasteiger partial charge in [-0.3, -0.25) is 9.59 Å². The van der Waals surface area contributed by atoms with E-state index in [-0.39, 0.29) is 18.1 Å². The number of Topliss-reactive ketones (excluding diaryl/α,β-unsaturated/α-hetero) is 1. The lowest BCUT2D eigenvalue weighted by Crippen LogP contribution is -2.39. The second-order valence-electron chi connectivity index (χ2n) is 5.41. The van der Waals surface area contributed by atoms with Crippen molar-refractivity contribution in [1.29, 1.82) is 0 Å². The molecule has 3 nitrogen and oxygen atoms in total. The van der Waals surface area contributed by atoms with Crippen molar-refractivity contribution < 1.29 is 9.59 Å². The molecule has 0 aromatic heterocycles. The molecule has 21 heavy (non-hydrogen) atoms. The molecule has 104 valence electrons. The minimum Gasteiger partial charge on any atom is -0.314 e. The molecule has 2 aromatic carbocycles. The van der Waals surface area contributed by atoms with Crippen molar-refractivity contribution in [3.8, 4) is 0 Å². The highest BCUT2D eigenvalue weighted by atomic mass is 32.2. The van der Waals surface area contributed by atoms with Gasteiger partial charge in [0.05, 0.1) is 0 Å². The Kier molecular flexibility index (Phi) is 2.54. The molecule has 0 bridgehead atoms. The van der Waals surface area contributed by atoms with Crippen LogP contribution in [0.25, 0.3) is 0 Å². The van der Waals surface area contributed by atoms with E-state index in [4.69, 9.17) is 0 Å². The van der Waals surface area contributed by atoms with Crippen molar-refractivity contribution >= 4 is 29.1 Å². The van der Waals surface area contributed by atoms with Crippen LogP contribution in [-0.4, -0.2) is 18.7 Å². The summed E-state index contributed by atoms with van der Waals surface area (Å²) in [6, 6.07) is 15.3. The van der Waals surface area contributed by atoms with Crippen LogP contribution in [0.4, 0.5) is 5.69 Å². The topological polar surface area (TPSA) is 37.4 Å². The highest BCUT2D eigenvalue weighted by Gasteiger charge is 2.54. The third-order valence-corrected chi connectivity index (χ3v) is 5.69. The number of fused-ring (bicyclic) bond motifs is 3. The highest BCUT2D eigenvalue weighted by Crippen LogP contribution is 2.56. The van der Waals surface area contributed by atoms with Crippen LogP contribution >= 0.6 is 11.8 Å². The van der Waals surface area contributed by atoms with E-state index in [0.29, 0.717) is 0 Å². The first-order chi connectivity index (χ1) is 10.1. The van der Waals surface area contributed by atoms with Crippen LogP contribution in [0.3, 0.4) is 0 Å². The Bertz CT molecular complexity index is 786. The number of hydrogen-bond donors (Lipinski definition) is 0. The van der Waals surface area contributed by atoms with Crippen LogP contribution in [0, 0.1) is 0 Å². The number of anilines is 1. The number of carbonyl (C=O) groups excluding carboxylic acids is 2. The lowest BCUT2D eigenvalue weighted by atomic mass is 9.91. The summed E-state index contributed by atoms with van der Waals surface area (Å²) >= 11 is 1.51. The van der Waals surface area contributed by atoms with Crippen molar-refractivity contribution in [2.24, 2.45) is 0 Å². The lowest BCUT2D eigenvalue weighted by Gasteiger charge is -2.31. The first-order valence-electron chi connectivity index (χ1n) is 6.82. The predicted molar refractivity (Wildman–Crippen MR) is 82.8 cm³/mol. The summed E-state index contributed by atoms with van der Waals surface area (Å²) < 4.78 is -0.795. The Morgan fingerprint density at radius 1 is 1.05 bits per heavy atom. The molecule has 2 heterocycles. The molecular formula is C17H13NO2S. The van der Waals surface area contributed by atoms with Crippen LogP contribution in [0.15, 0.2) is 53.4 Å². The van der Waals surface area contributed by atoms with Crippen molar-refractivity contribution in [2.75, 3.05) is 11.9 Å². The van der Waals surface area contributed by atoms with Gasteiger partial charge in [0, 0.05) is 35.2 Å². The number of para-hydroxylation sites is 1. The molecule has 1 atom stereocenters. The summed E-state index contributed by atoms with van der Waals surface area (Å²) in [5.41, 5.74) is 2.58. The molecular weight excluding hydrogens is 282 g/mol. The Morgan fingerprint density at radius 3 is 2.62 bits per heavy atom. The van der Waals surface area contributed by atoms with E-state index < -0.39 is 4.75 Å². The van der Waals surface area contributed by atoms with E-state index in [9.17, 15) is 9.59 Å². The van der Waals surface area contributed by atoms with Crippen molar-refractivity contribution in [3.05, 3.63) is 59.7 Å². The first-order valence-corrected chi connectivity index (χ1v) is 7.64. The van der Waals surface area contributed by atoms with E-state index in [0.717, 1.165) is 21.7 Å². The fourth-order valence-corrected chi connectivity index (χ4v) is 4.73. The number of carbonyl (C=O) groups is 2. The standard InChI is InChI=1S/C17H13NO2S/c1-18-13-8-4-3-7-12(13)17(16(18)20)10-14(19)11-6-2-5-9-15(11)21-17/h2-9H,10H2,1H3. The fraction of sp³-hybridized carbons (Fsp3) is 0.176. The van der Waals surface area contributed by atoms with Crippen LogP contribution in [-0.2, 0) is 9.54 Å². The van der Waals surface area contributed by atoms with E-state index in [1.54, 1.807) is 11.9 Å². The summed E-state index contributed by atoms with van der Waals surface area (Å²) in [6.45, 7) is 0. The molecule has 1 spiro atoms. The number of benzene rings is 2. The van der Waals surface area contributed by atoms with Gasteiger partial charge in [0.25, 0.3) is 0 Å². The van der Waals surface area contributed by atoms with Crippen molar-refractivity contribution in [2.45, 2.75) is 16.1 Å². The number of rotatable bonds is 0. The zero-order chi connectivity index (χ0) is 14.6.